The molecule has 0 spiro atoms. The largest absolute Gasteiger partial charge is 0.416 e. The van der Waals surface area contributed by atoms with Crippen LogP contribution in [0.25, 0.3) is 0 Å². The van der Waals surface area contributed by atoms with Crippen LogP contribution in [0.4, 0.5) is 36.8 Å². The highest BCUT2D eigenvalue weighted by atomic mass is 19.4. The smallest absolute Gasteiger partial charge is 0.351 e. The van der Waals surface area contributed by atoms with Gasteiger partial charge in [-0.1, -0.05) is 24.8 Å². The summed E-state index contributed by atoms with van der Waals surface area (Å²) in [7, 11) is 0. The summed E-state index contributed by atoms with van der Waals surface area (Å²) < 4.78 is 84.6. The van der Waals surface area contributed by atoms with Crippen molar-refractivity contribution in [2.45, 2.75) is 88.4 Å². The van der Waals surface area contributed by atoms with Crippen molar-refractivity contribution in [3.05, 3.63) is 65.5 Å². The lowest BCUT2D eigenvalue weighted by atomic mass is 9.91. The minimum absolute atomic E-state index is 0.0498. The molecule has 1 aliphatic heterocycles. The van der Waals surface area contributed by atoms with Crippen molar-refractivity contribution in [2.24, 2.45) is 0 Å². The van der Waals surface area contributed by atoms with E-state index in [-0.39, 0.29) is 30.0 Å². The van der Waals surface area contributed by atoms with Crippen LogP contribution in [-0.2, 0) is 4.79 Å². The molecule has 41 heavy (non-hydrogen) atoms. The lowest BCUT2D eigenvalue weighted by Crippen LogP contribution is -2.56. The quantitative estimate of drug-likeness (QED) is 0.256. The lowest BCUT2D eigenvalue weighted by Gasteiger charge is -2.37. The summed E-state index contributed by atoms with van der Waals surface area (Å²) >= 11 is 0. The van der Waals surface area contributed by atoms with Gasteiger partial charge in [-0.3, -0.25) is 9.69 Å². The Bertz CT molecular complexity index is 1210. The van der Waals surface area contributed by atoms with Gasteiger partial charge in [-0.25, -0.2) is 18.0 Å². The molecular formula is C30H35F6N3O2. The van der Waals surface area contributed by atoms with Gasteiger partial charge in [0.1, 0.15) is 11.9 Å². The van der Waals surface area contributed by atoms with Gasteiger partial charge >= 0.3 is 12.2 Å². The van der Waals surface area contributed by atoms with Crippen LogP contribution in [0.2, 0.25) is 0 Å². The molecule has 2 saturated carbocycles. The van der Waals surface area contributed by atoms with E-state index in [9.17, 15) is 31.5 Å². The molecule has 224 valence electrons. The number of halogens is 6. The first kappa shape index (κ1) is 30.7. The zero-order valence-electron chi connectivity index (χ0n) is 23.0. The molecule has 0 radical (unpaired) electrons. The fourth-order valence-electron chi connectivity index (χ4n) is 5.44. The Kier molecular flexibility index (Phi) is 9.23. The van der Waals surface area contributed by atoms with Gasteiger partial charge in [0.05, 0.1) is 11.3 Å². The van der Waals surface area contributed by atoms with Crippen LogP contribution in [-0.4, -0.2) is 54.1 Å². The average molecular weight is 584 g/mol. The second kappa shape index (κ2) is 12.3. The number of benzene rings is 1. The number of carbonyl (C=O) groups is 2. The monoisotopic (exact) mass is 583 g/mol. The number of carbonyl (C=O) groups excluding carboxylic acids is 2. The molecule has 0 bridgehead atoms. The van der Waals surface area contributed by atoms with Gasteiger partial charge in [-0.15, -0.1) is 0 Å². The minimum atomic E-state index is -4.78. The molecule has 1 unspecified atom stereocenters. The summed E-state index contributed by atoms with van der Waals surface area (Å²) in [4.78, 5) is 30.2. The van der Waals surface area contributed by atoms with Crippen LogP contribution >= 0.6 is 0 Å². The van der Waals surface area contributed by atoms with Crippen molar-refractivity contribution in [1.82, 2.24) is 10.2 Å². The fraction of sp³-hybridized carbons (Fsp3) is 0.533. The Morgan fingerprint density at radius 1 is 1.12 bits per heavy atom. The zero-order chi connectivity index (χ0) is 29.9. The summed E-state index contributed by atoms with van der Waals surface area (Å²) in [5.74, 6) is -4.37. The van der Waals surface area contributed by atoms with Crippen LogP contribution in [0.3, 0.4) is 0 Å². The van der Waals surface area contributed by atoms with Gasteiger partial charge in [-0.05, 0) is 80.7 Å². The van der Waals surface area contributed by atoms with E-state index in [0.717, 1.165) is 35.5 Å². The molecule has 2 aliphatic carbocycles. The molecule has 3 fully saturated rings. The van der Waals surface area contributed by atoms with Crippen LogP contribution in [0, 0.1) is 5.82 Å². The summed E-state index contributed by atoms with van der Waals surface area (Å²) in [6.45, 7) is 5.46. The van der Waals surface area contributed by atoms with E-state index in [1.807, 2.05) is 0 Å². The SMILES string of the molecule is C=C/C(=C\C(=C/C)C(F)(F)F)C(C(=O)NC1CCC(F)(F)CC1)N(C(=O)N1CCCC1)c1ccc(C2CC2)cc1F. The molecule has 5 nitrogen and oxygen atoms in total. The normalized spacial score (nSPS) is 21.0. The number of allylic oxidation sites excluding steroid dienone is 3. The molecular weight excluding hydrogens is 548 g/mol. The first-order chi connectivity index (χ1) is 19.3. The van der Waals surface area contributed by atoms with Crippen molar-refractivity contribution in [2.75, 3.05) is 18.0 Å². The average Bonchev–Trinajstić information content (AvgIpc) is 3.62. The van der Waals surface area contributed by atoms with Crippen LogP contribution < -0.4 is 10.2 Å². The van der Waals surface area contributed by atoms with E-state index in [0.29, 0.717) is 32.0 Å². The van der Waals surface area contributed by atoms with Crippen LogP contribution in [0.15, 0.2) is 54.2 Å². The van der Waals surface area contributed by atoms with Gasteiger partial charge < -0.3 is 10.2 Å². The van der Waals surface area contributed by atoms with Gasteiger partial charge in [0.25, 0.3) is 0 Å². The second-order valence-electron chi connectivity index (χ2n) is 11.0. The zero-order valence-corrected chi connectivity index (χ0v) is 23.0. The third kappa shape index (κ3) is 7.35. The molecule has 4 rings (SSSR count). The second-order valence-corrected chi connectivity index (χ2v) is 11.0. The van der Waals surface area contributed by atoms with Crippen molar-refractivity contribution < 1.29 is 35.9 Å². The first-order valence-corrected chi connectivity index (χ1v) is 14.0. The van der Waals surface area contributed by atoms with E-state index in [4.69, 9.17) is 0 Å². The Labute approximate surface area is 235 Å². The molecule has 3 aliphatic rings. The molecule has 1 atom stereocenters. The lowest BCUT2D eigenvalue weighted by molar-refractivity contribution is -0.123. The number of urea groups is 1. The predicted octanol–water partition coefficient (Wildman–Crippen LogP) is 7.41. The Hall–Kier alpha value is -3.24. The molecule has 1 N–H and O–H groups in total. The van der Waals surface area contributed by atoms with Crippen LogP contribution in [0.5, 0.6) is 0 Å². The summed E-state index contributed by atoms with van der Waals surface area (Å²) in [5, 5.41) is 2.66. The summed E-state index contributed by atoms with van der Waals surface area (Å²) in [6, 6.07) is 1.15. The van der Waals surface area contributed by atoms with Crippen molar-refractivity contribution in [1.29, 1.82) is 0 Å². The van der Waals surface area contributed by atoms with E-state index >= 15 is 4.39 Å². The van der Waals surface area contributed by atoms with Crippen molar-refractivity contribution in [3.63, 3.8) is 0 Å². The molecule has 3 amide bonds. The third-order valence-corrected chi connectivity index (χ3v) is 7.94. The Balaban J connectivity index is 1.81. The maximum atomic E-state index is 15.7. The molecule has 1 heterocycles. The van der Waals surface area contributed by atoms with E-state index in [1.165, 1.54) is 24.0 Å². The number of hydrogen-bond acceptors (Lipinski definition) is 2. The molecule has 1 aromatic carbocycles. The van der Waals surface area contributed by atoms with E-state index in [1.54, 1.807) is 6.07 Å². The van der Waals surface area contributed by atoms with Crippen LogP contribution in [0.1, 0.15) is 69.8 Å². The maximum Gasteiger partial charge on any atom is 0.416 e. The Morgan fingerprint density at radius 3 is 2.27 bits per heavy atom. The van der Waals surface area contributed by atoms with Crippen molar-refractivity contribution in [3.8, 4) is 0 Å². The predicted molar refractivity (Wildman–Crippen MR) is 144 cm³/mol. The number of likely N-dealkylation sites (tertiary alicyclic amines) is 1. The number of nitrogens with one attached hydrogen (secondary N) is 1. The topological polar surface area (TPSA) is 52.7 Å². The fourth-order valence-corrected chi connectivity index (χ4v) is 5.44. The third-order valence-electron chi connectivity index (χ3n) is 7.94. The molecule has 0 aromatic heterocycles. The number of alkyl halides is 5. The van der Waals surface area contributed by atoms with E-state index < -0.39 is 60.4 Å². The molecule has 1 aromatic rings. The van der Waals surface area contributed by atoms with Gasteiger partial charge in [0, 0.05) is 32.0 Å². The number of nitrogens with zero attached hydrogens (tertiary/aromatic N) is 2. The van der Waals surface area contributed by atoms with Crippen molar-refractivity contribution >= 4 is 17.6 Å². The van der Waals surface area contributed by atoms with Gasteiger partial charge in [0.15, 0.2) is 0 Å². The number of amides is 3. The van der Waals surface area contributed by atoms with Gasteiger partial charge in [0.2, 0.25) is 11.8 Å². The highest BCUT2D eigenvalue weighted by molar-refractivity contribution is 6.02. The molecule has 1 saturated heterocycles. The standard InChI is InChI=1S/C30H35F6N3O2/c1-3-19(17-22(4-2)30(34,35)36)26(27(40)37-23-11-13-29(32,33)14-12-23)39(28(41)38-15-5-6-16-38)25-10-9-21(18-24(25)31)20-7-8-20/h3-4,9-10,17-18,20,23,26H,1,5-8,11-16H2,2H3,(H,37,40)/b19-17+,22-4+. The first-order valence-electron chi connectivity index (χ1n) is 14.0. The summed E-state index contributed by atoms with van der Waals surface area (Å²) in [6.07, 6.45) is -0.0810. The number of rotatable bonds is 8. The number of anilines is 1. The summed E-state index contributed by atoms with van der Waals surface area (Å²) in [5.41, 5.74) is -0.895. The minimum Gasteiger partial charge on any atom is -0.351 e. The Morgan fingerprint density at radius 2 is 1.76 bits per heavy atom. The van der Waals surface area contributed by atoms with Gasteiger partial charge in [-0.2, -0.15) is 13.2 Å². The van der Waals surface area contributed by atoms with E-state index in [2.05, 4.69) is 11.9 Å². The highest BCUT2D eigenvalue weighted by Gasteiger charge is 2.42. The molecule has 11 heteroatoms. The highest BCUT2D eigenvalue weighted by Crippen LogP contribution is 2.42. The number of hydrogen-bond donors (Lipinski definition) is 1. The maximum absolute atomic E-state index is 15.7.